The highest BCUT2D eigenvalue weighted by Crippen LogP contribution is 2.31. The fourth-order valence-electron chi connectivity index (χ4n) is 3.68. The van der Waals surface area contributed by atoms with Crippen molar-refractivity contribution in [2.24, 2.45) is 11.8 Å². The van der Waals surface area contributed by atoms with Gasteiger partial charge in [-0.05, 0) is 50.1 Å². The van der Waals surface area contributed by atoms with Gasteiger partial charge in [0, 0.05) is 0 Å². The van der Waals surface area contributed by atoms with Crippen molar-refractivity contribution in [3.8, 4) is 0 Å². The molecule has 1 rings (SSSR count). The molecule has 1 heterocycles. The zero-order valence-corrected chi connectivity index (χ0v) is 19.6. The summed E-state index contributed by atoms with van der Waals surface area (Å²) >= 11 is 6.21. The Labute approximate surface area is 159 Å². The first-order valence-corrected chi connectivity index (χ1v) is 15.8. The summed E-state index contributed by atoms with van der Waals surface area (Å²) in [6.07, 6.45) is -2.87. The molecule has 0 aromatic heterocycles. The molecule has 1 unspecified atom stereocenters. The van der Waals surface area contributed by atoms with Gasteiger partial charge in [-0.1, -0.05) is 27.7 Å². The second-order valence-electron chi connectivity index (χ2n) is 9.11. The van der Waals surface area contributed by atoms with Crippen molar-refractivity contribution in [3.63, 3.8) is 0 Å². The van der Waals surface area contributed by atoms with E-state index >= 15 is 0 Å². The van der Waals surface area contributed by atoms with Crippen molar-refractivity contribution in [1.82, 2.24) is 0 Å². The zero-order chi connectivity index (χ0) is 19.6. The molecule has 0 aliphatic carbocycles. The molecule has 4 atom stereocenters. The molecule has 1 aliphatic rings. The number of hydrogen-bond donors (Lipinski definition) is 1. The molecule has 5 nitrogen and oxygen atoms in total. The van der Waals surface area contributed by atoms with Gasteiger partial charge < -0.3 is 18.7 Å². The van der Waals surface area contributed by atoms with Crippen LogP contribution in [-0.2, 0) is 18.4 Å². The number of aliphatic hydroxyl groups is 1. The highest BCUT2D eigenvalue weighted by Gasteiger charge is 2.49. The first-order valence-electron chi connectivity index (χ1n) is 9.12. The van der Waals surface area contributed by atoms with Gasteiger partial charge >= 0.3 is 5.97 Å². The van der Waals surface area contributed by atoms with Crippen LogP contribution in [0.2, 0.25) is 38.3 Å². The van der Waals surface area contributed by atoms with Crippen molar-refractivity contribution in [2.75, 3.05) is 0 Å². The van der Waals surface area contributed by atoms with Crippen LogP contribution >= 0.6 is 11.6 Å². The normalized spacial score (nSPS) is 28.6. The van der Waals surface area contributed by atoms with E-state index in [0.717, 1.165) is 12.1 Å². The third-order valence-electron chi connectivity index (χ3n) is 4.05. The lowest BCUT2D eigenvalue weighted by Crippen LogP contribution is -2.60. The van der Waals surface area contributed by atoms with Crippen molar-refractivity contribution in [2.45, 2.75) is 89.8 Å². The molecule has 0 aromatic rings. The Balaban J connectivity index is 2.89. The lowest BCUT2D eigenvalue weighted by Gasteiger charge is -2.42. The molecule has 148 valence electrons. The van der Waals surface area contributed by atoms with Gasteiger partial charge in [0.05, 0.1) is 0 Å². The number of alkyl halides is 1. The van der Waals surface area contributed by atoms with Gasteiger partial charge in [0.15, 0.2) is 22.0 Å². The van der Waals surface area contributed by atoms with Crippen LogP contribution in [0.3, 0.4) is 0 Å². The number of aliphatic hydroxyl groups excluding tert-OH is 1. The number of carbonyl (C=O) groups is 1. The summed E-state index contributed by atoms with van der Waals surface area (Å²) in [6.45, 7) is 16.8. The molecule has 1 saturated heterocycles. The van der Waals surface area contributed by atoms with Gasteiger partial charge in [0.2, 0.25) is 6.29 Å². The molecule has 0 amide bonds. The van der Waals surface area contributed by atoms with E-state index in [0.29, 0.717) is 11.8 Å². The quantitative estimate of drug-likeness (QED) is 0.372. The number of hydrogen-bond acceptors (Lipinski definition) is 5. The summed E-state index contributed by atoms with van der Waals surface area (Å²) in [6, 6.07) is 1.84. The molecule has 1 fully saturated rings. The third-order valence-corrected chi connectivity index (χ3v) is 9.86. The summed E-state index contributed by atoms with van der Waals surface area (Å²) in [7, 11) is -4.16. The maximum atomic E-state index is 12.2. The summed E-state index contributed by atoms with van der Waals surface area (Å²) in [4.78, 5) is 12.2. The Morgan fingerprint density at radius 2 is 1.48 bits per heavy atom. The molecule has 0 spiro atoms. The SMILES string of the molecule is CC(C)C[Si](C)(C)OC1OC(=O)[C@H](Cl)[C@H](O[Si](C)(C)CC(C)C)[C@@H]1O. The average molecular weight is 411 g/mol. The van der Waals surface area contributed by atoms with Crippen LogP contribution in [0.15, 0.2) is 0 Å². The van der Waals surface area contributed by atoms with E-state index < -0.39 is 46.5 Å². The highest BCUT2D eigenvalue weighted by molar-refractivity contribution is 6.71. The fraction of sp³-hybridized carbons (Fsp3) is 0.941. The summed E-state index contributed by atoms with van der Waals surface area (Å²) in [5, 5.41) is 9.73. The smallest absolute Gasteiger partial charge is 0.329 e. The maximum absolute atomic E-state index is 12.2. The van der Waals surface area contributed by atoms with Crippen LogP contribution in [0.4, 0.5) is 0 Å². The highest BCUT2D eigenvalue weighted by atomic mass is 35.5. The number of esters is 1. The lowest BCUT2D eigenvalue weighted by molar-refractivity contribution is -0.211. The summed E-state index contributed by atoms with van der Waals surface area (Å²) in [5.41, 5.74) is 0. The topological polar surface area (TPSA) is 65.0 Å². The lowest BCUT2D eigenvalue weighted by atomic mass is 10.1. The molecule has 0 bridgehead atoms. The van der Waals surface area contributed by atoms with Crippen LogP contribution in [0.5, 0.6) is 0 Å². The van der Waals surface area contributed by atoms with E-state index in [1.165, 1.54) is 0 Å². The van der Waals surface area contributed by atoms with Crippen molar-refractivity contribution >= 4 is 34.2 Å². The van der Waals surface area contributed by atoms with E-state index in [-0.39, 0.29) is 0 Å². The van der Waals surface area contributed by atoms with Gasteiger partial charge in [-0.25, -0.2) is 0 Å². The van der Waals surface area contributed by atoms with Crippen LogP contribution in [-0.4, -0.2) is 51.6 Å². The summed E-state index contributed by atoms with van der Waals surface area (Å²) < 4.78 is 17.6. The first kappa shape index (κ1) is 23.1. The van der Waals surface area contributed by atoms with Crippen molar-refractivity contribution in [1.29, 1.82) is 0 Å². The minimum Gasteiger partial charge on any atom is -0.433 e. The van der Waals surface area contributed by atoms with Gasteiger partial charge in [-0.3, -0.25) is 4.79 Å². The van der Waals surface area contributed by atoms with Gasteiger partial charge in [0.1, 0.15) is 12.2 Å². The molecule has 8 heteroatoms. The van der Waals surface area contributed by atoms with E-state index in [1.807, 2.05) is 0 Å². The number of rotatable bonds is 8. The van der Waals surface area contributed by atoms with E-state index in [9.17, 15) is 9.90 Å². The Kier molecular flexibility index (Phi) is 8.17. The second kappa shape index (κ2) is 8.84. The van der Waals surface area contributed by atoms with Crippen LogP contribution in [0, 0.1) is 11.8 Å². The number of cyclic esters (lactones) is 1. The standard InChI is InChI=1S/C17H35ClO5Si2/c1-11(2)9-24(5,6)22-15-13(18)16(20)21-17(14(15)19)23-25(7,8)10-12(3)4/h11-15,17,19H,9-10H2,1-8H3/t13-,14+,15+,17?/m1/s1. The molecule has 0 saturated carbocycles. The third kappa shape index (κ3) is 7.30. The first-order chi connectivity index (χ1) is 11.2. The van der Waals surface area contributed by atoms with Crippen LogP contribution in [0.1, 0.15) is 27.7 Å². The molecular formula is C17H35ClO5Si2. The molecule has 1 aliphatic heterocycles. The fourth-order valence-corrected chi connectivity index (χ4v) is 9.97. The average Bonchev–Trinajstić information content (AvgIpc) is 2.37. The largest absolute Gasteiger partial charge is 0.433 e. The monoisotopic (exact) mass is 410 g/mol. The minimum absolute atomic E-state index is 0.475. The predicted octanol–water partition coefficient (Wildman–Crippen LogP) is 3.96. The zero-order valence-electron chi connectivity index (χ0n) is 16.8. The van der Waals surface area contributed by atoms with Gasteiger partial charge in [-0.15, -0.1) is 11.6 Å². The molecule has 0 aromatic carbocycles. The van der Waals surface area contributed by atoms with E-state index in [2.05, 4.69) is 53.9 Å². The number of halogens is 1. The Hall–Kier alpha value is 0.0738. The predicted molar refractivity (Wildman–Crippen MR) is 106 cm³/mol. The minimum atomic E-state index is -2.09. The number of carbonyl (C=O) groups excluding carboxylic acids is 1. The molecule has 1 N–H and O–H groups in total. The van der Waals surface area contributed by atoms with Gasteiger partial charge in [-0.2, -0.15) is 0 Å². The Morgan fingerprint density at radius 1 is 1.04 bits per heavy atom. The molecular weight excluding hydrogens is 376 g/mol. The van der Waals surface area contributed by atoms with Crippen LogP contribution < -0.4 is 0 Å². The van der Waals surface area contributed by atoms with Crippen LogP contribution in [0.25, 0.3) is 0 Å². The summed E-state index contributed by atoms with van der Waals surface area (Å²) in [5.74, 6) is 0.376. The van der Waals surface area contributed by atoms with Crippen molar-refractivity contribution < 1.29 is 23.5 Å². The maximum Gasteiger partial charge on any atom is 0.329 e. The van der Waals surface area contributed by atoms with E-state index in [1.54, 1.807) is 0 Å². The Morgan fingerprint density at radius 3 is 1.92 bits per heavy atom. The molecule has 0 radical (unpaired) electrons. The van der Waals surface area contributed by atoms with Crippen molar-refractivity contribution in [3.05, 3.63) is 0 Å². The molecule has 25 heavy (non-hydrogen) atoms. The Bertz CT molecular complexity index is 456. The van der Waals surface area contributed by atoms with Gasteiger partial charge in [0.25, 0.3) is 0 Å². The van der Waals surface area contributed by atoms with E-state index in [4.69, 9.17) is 25.2 Å². The second-order valence-corrected chi connectivity index (χ2v) is 17.9. The number of ether oxygens (including phenoxy) is 1.